The van der Waals surface area contributed by atoms with Gasteiger partial charge in [0.15, 0.2) is 11.5 Å². The number of nitriles is 1. The van der Waals surface area contributed by atoms with Crippen molar-refractivity contribution in [1.29, 1.82) is 5.26 Å². The molecule has 3 heterocycles. The molecule has 0 N–H and O–H groups in total. The number of nitrogens with zero attached hydrogens (tertiary/aromatic N) is 5. The summed E-state index contributed by atoms with van der Waals surface area (Å²) in [4.78, 5) is 35.7. The lowest BCUT2D eigenvalue weighted by Gasteiger charge is -2.39. The minimum absolute atomic E-state index is 0.0232. The summed E-state index contributed by atoms with van der Waals surface area (Å²) >= 11 is 0. The molecule has 0 radical (unpaired) electrons. The molecule has 0 unspecified atom stereocenters. The van der Waals surface area contributed by atoms with Crippen LogP contribution in [0, 0.1) is 16.7 Å². The summed E-state index contributed by atoms with van der Waals surface area (Å²) in [6, 6.07) is 6.14. The number of aromatic nitrogens is 1. The highest BCUT2D eigenvalue weighted by molar-refractivity contribution is 6.08. The van der Waals surface area contributed by atoms with Crippen LogP contribution in [-0.2, 0) is 4.79 Å². The standard InChI is InChI=1S/C25H31N5O4/c1-17(31)28-9-11-30(12-10-28)24(32)19-15-27-20-14-22(34-4)21(33-3)13-18(20)23(19)29-7-5-25(2,16-26)6-8-29/h13-15H,5-12H2,1-4H3. The molecule has 4 rings (SSSR count). The summed E-state index contributed by atoms with van der Waals surface area (Å²) in [7, 11) is 3.16. The molecule has 2 aliphatic heterocycles. The number of methoxy groups -OCH3 is 2. The van der Waals surface area contributed by atoms with Gasteiger partial charge in [0.05, 0.1) is 42.5 Å². The average molecular weight is 466 g/mol. The molecule has 1 aromatic carbocycles. The van der Waals surface area contributed by atoms with Gasteiger partial charge >= 0.3 is 0 Å². The first-order valence-corrected chi connectivity index (χ1v) is 11.6. The predicted molar refractivity (Wildman–Crippen MR) is 128 cm³/mol. The quantitative estimate of drug-likeness (QED) is 0.685. The monoisotopic (exact) mass is 465 g/mol. The molecule has 0 aliphatic carbocycles. The third-order valence-electron chi connectivity index (χ3n) is 7.04. The number of hydrogen-bond donors (Lipinski definition) is 0. The fraction of sp³-hybridized carbons (Fsp3) is 0.520. The molecule has 0 atom stereocenters. The molecule has 2 saturated heterocycles. The SMILES string of the molecule is COc1cc2ncc(C(=O)N3CCN(C(C)=O)CC3)c(N3CCC(C)(C#N)CC3)c2cc1OC. The van der Waals surface area contributed by atoms with Gasteiger partial charge in [0.1, 0.15) is 0 Å². The van der Waals surface area contributed by atoms with Gasteiger partial charge in [0.25, 0.3) is 5.91 Å². The van der Waals surface area contributed by atoms with E-state index < -0.39 is 0 Å². The van der Waals surface area contributed by atoms with Gasteiger partial charge < -0.3 is 24.2 Å². The maximum atomic E-state index is 13.7. The fourth-order valence-corrected chi connectivity index (χ4v) is 4.73. The van der Waals surface area contributed by atoms with Crippen LogP contribution in [0.3, 0.4) is 0 Å². The van der Waals surface area contributed by atoms with Crippen LogP contribution >= 0.6 is 0 Å². The lowest BCUT2D eigenvalue weighted by molar-refractivity contribution is -0.130. The summed E-state index contributed by atoms with van der Waals surface area (Å²) in [6.45, 7) is 6.87. The summed E-state index contributed by atoms with van der Waals surface area (Å²) < 4.78 is 11.0. The Morgan fingerprint density at radius 1 is 1.00 bits per heavy atom. The van der Waals surface area contributed by atoms with E-state index in [1.807, 2.05) is 19.1 Å². The first-order chi connectivity index (χ1) is 16.3. The Morgan fingerprint density at radius 2 is 1.59 bits per heavy atom. The van der Waals surface area contributed by atoms with Gasteiger partial charge in [-0.25, -0.2) is 0 Å². The van der Waals surface area contributed by atoms with E-state index in [-0.39, 0.29) is 17.2 Å². The van der Waals surface area contributed by atoms with Gasteiger partial charge in [-0.3, -0.25) is 14.6 Å². The highest BCUT2D eigenvalue weighted by atomic mass is 16.5. The number of amides is 2. The molecule has 0 saturated carbocycles. The molecule has 0 spiro atoms. The number of piperazine rings is 1. The minimum atomic E-state index is -0.368. The van der Waals surface area contributed by atoms with Crippen molar-refractivity contribution in [2.45, 2.75) is 26.7 Å². The Bertz CT molecular complexity index is 1140. The van der Waals surface area contributed by atoms with Gasteiger partial charge in [-0.2, -0.15) is 5.26 Å². The lowest BCUT2D eigenvalue weighted by Crippen LogP contribution is -2.50. The second kappa shape index (κ2) is 9.37. The van der Waals surface area contributed by atoms with Crippen LogP contribution < -0.4 is 14.4 Å². The van der Waals surface area contributed by atoms with E-state index in [1.54, 1.807) is 37.1 Å². The highest BCUT2D eigenvalue weighted by Gasteiger charge is 2.34. The van der Waals surface area contributed by atoms with Crippen LogP contribution in [0.4, 0.5) is 5.69 Å². The maximum Gasteiger partial charge on any atom is 0.257 e. The number of hydrogen-bond acceptors (Lipinski definition) is 7. The number of anilines is 1. The first kappa shape index (κ1) is 23.6. The van der Waals surface area contributed by atoms with Crippen LogP contribution in [0.25, 0.3) is 10.9 Å². The van der Waals surface area contributed by atoms with Crippen molar-refractivity contribution in [3.05, 3.63) is 23.9 Å². The van der Waals surface area contributed by atoms with E-state index in [0.717, 1.165) is 11.1 Å². The zero-order valence-electron chi connectivity index (χ0n) is 20.3. The number of pyridine rings is 1. The van der Waals surface area contributed by atoms with Crippen LogP contribution in [0.2, 0.25) is 0 Å². The molecule has 9 nitrogen and oxygen atoms in total. The van der Waals surface area contributed by atoms with Gasteiger partial charge in [0, 0.05) is 63.8 Å². The molecule has 34 heavy (non-hydrogen) atoms. The minimum Gasteiger partial charge on any atom is -0.493 e. The lowest BCUT2D eigenvalue weighted by atomic mass is 9.81. The fourth-order valence-electron chi connectivity index (χ4n) is 4.73. The Kier molecular flexibility index (Phi) is 6.51. The summed E-state index contributed by atoms with van der Waals surface area (Å²) in [5.74, 6) is 1.06. The molecule has 9 heteroatoms. The van der Waals surface area contributed by atoms with Gasteiger partial charge in [-0.15, -0.1) is 0 Å². The molecular weight excluding hydrogens is 434 g/mol. The van der Waals surface area contributed by atoms with Crippen molar-refractivity contribution in [3.63, 3.8) is 0 Å². The van der Waals surface area contributed by atoms with Gasteiger partial charge in [-0.1, -0.05) is 0 Å². The number of ether oxygens (including phenoxy) is 2. The van der Waals surface area contributed by atoms with E-state index in [1.165, 1.54) is 0 Å². The maximum absolute atomic E-state index is 13.7. The van der Waals surface area contributed by atoms with Crippen molar-refractivity contribution in [2.24, 2.45) is 5.41 Å². The van der Waals surface area contributed by atoms with Crippen molar-refractivity contribution >= 4 is 28.4 Å². The average Bonchev–Trinajstić information content (AvgIpc) is 2.87. The zero-order chi connectivity index (χ0) is 24.5. The van der Waals surface area contributed by atoms with Gasteiger partial charge in [-0.05, 0) is 25.8 Å². The largest absolute Gasteiger partial charge is 0.493 e. The first-order valence-electron chi connectivity index (χ1n) is 11.6. The van der Waals surface area contributed by atoms with Crippen molar-refractivity contribution in [2.75, 3.05) is 58.4 Å². The predicted octanol–water partition coefficient (Wildman–Crippen LogP) is 2.69. The number of fused-ring (bicyclic) bond motifs is 1. The third kappa shape index (κ3) is 4.32. The second-order valence-electron chi connectivity index (χ2n) is 9.20. The smallest absolute Gasteiger partial charge is 0.257 e. The number of piperidine rings is 1. The van der Waals surface area contributed by atoms with Crippen molar-refractivity contribution in [3.8, 4) is 17.6 Å². The molecule has 2 amide bonds. The molecule has 2 fully saturated rings. The molecule has 0 bridgehead atoms. The van der Waals surface area contributed by atoms with E-state index in [4.69, 9.17) is 9.47 Å². The molecular formula is C25H31N5O4. The number of carbonyl (C=O) groups excluding carboxylic acids is 2. The summed E-state index contributed by atoms with van der Waals surface area (Å²) in [5, 5.41) is 10.4. The van der Waals surface area contributed by atoms with Crippen LogP contribution in [0.15, 0.2) is 18.3 Å². The number of carbonyl (C=O) groups is 2. The van der Waals surface area contributed by atoms with E-state index in [2.05, 4.69) is 16.0 Å². The molecule has 1 aromatic heterocycles. The Labute approximate surface area is 199 Å². The molecule has 2 aliphatic rings. The van der Waals surface area contributed by atoms with Crippen molar-refractivity contribution in [1.82, 2.24) is 14.8 Å². The Hall–Kier alpha value is -3.54. The number of rotatable bonds is 4. The molecule has 180 valence electrons. The zero-order valence-corrected chi connectivity index (χ0v) is 20.3. The topological polar surface area (TPSA) is 99.0 Å². The second-order valence-corrected chi connectivity index (χ2v) is 9.20. The van der Waals surface area contributed by atoms with Gasteiger partial charge in [0.2, 0.25) is 5.91 Å². The van der Waals surface area contributed by atoms with E-state index in [9.17, 15) is 14.9 Å². The van der Waals surface area contributed by atoms with Crippen molar-refractivity contribution < 1.29 is 19.1 Å². The Morgan fingerprint density at radius 3 is 2.15 bits per heavy atom. The van der Waals surface area contributed by atoms with E-state index >= 15 is 0 Å². The normalized spacial score (nSPS) is 17.9. The molecule has 2 aromatic rings. The van der Waals surface area contributed by atoms with E-state index in [0.29, 0.717) is 74.7 Å². The summed E-state index contributed by atoms with van der Waals surface area (Å²) in [6.07, 6.45) is 3.07. The highest BCUT2D eigenvalue weighted by Crippen LogP contribution is 2.40. The van der Waals surface area contributed by atoms with Crippen LogP contribution in [0.1, 0.15) is 37.0 Å². The van der Waals surface area contributed by atoms with Crippen LogP contribution in [0.5, 0.6) is 11.5 Å². The summed E-state index contributed by atoms with van der Waals surface area (Å²) in [5.41, 5.74) is 1.67. The third-order valence-corrected chi connectivity index (χ3v) is 7.04. The van der Waals surface area contributed by atoms with Crippen LogP contribution in [-0.4, -0.2) is 80.1 Å². The Balaban J connectivity index is 1.77. The number of benzene rings is 1.